The average molecular weight is 697 g/mol. The van der Waals surface area contributed by atoms with E-state index in [1.54, 1.807) is 46.9 Å². The van der Waals surface area contributed by atoms with Crippen LogP contribution in [0.1, 0.15) is 44.1 Å². The molecule has 0 saturated heterocycles. The van der Waals surface area contributed by atoms with Crippen LogP contribution in [0.5, 0.6) is 0 Å². The maximum atomic E-state index is 11.7. The molecule has 2 atom stereocenters. The zero-order chi connectivity index (χ0) is 28.2. The number of hydrogen-bond acceptors (Lipinski definition) is 6. The molecule has 0 unspecified atom stereocenters. The molecule has 0 bridgehead atoms. The first-order valence-corrected chi connectivity index (χ1v) is 15.4. The molecule has 216 valence electrons. The van der Waals surface area contributed by atoms with Crippen molar-refractivity contribution in [3.63, 3.8) is 0 Å². The third kappa shape index (κ3) is 7.22. The van der Waals surface area contributed by atoms with Crippen molar-refractivity contribution < 1.29 is 19.8 Å². The molecule has 6 rings (SSSR count). The third-order valence-electron chi connectivity index (χ3n) is 7.27. The number of carboxylic acid groups (broad SMARTS) is 2. The Morgan fingerprint density at radius 3 is 1.44 bits per heavy atom. The Kier molecular flexibility index (Phi) is 11.0. The molecule has 41 heavy (non-hydrogen) atoms. The second-order valence-corrected chi connectivity index (χ2v) is 12.5. The molecule has 2 aromatic carbocycles. The summed E-state index contributed by atoms with van der Waals surface area (Å²) in [4.78, 5) is 30.1. The van der Waals surface area contributed by atoms with Crippen LogP contribution in [-0.4, -0.2) is 45.0 Å². The lowest BCUT2D eigenvalue weighted by Gasteiger charge is -2.32. The molecule has 0 radical (unpaired) electrons. The highest BCUT2D eigenvalue weighted by atomic mass is 79.9. The van der Waals surface area contributed by atoms with Gasteiger partial charge in [-0.1, -0.05) is 59.6 Å². The van der Waals surface area contributed by atoms with E-state index in [1.807, 2.05) is 34.1 Å². The van der Waals surface area contributed by atoms with E-state index in [0.29, 0.717) is 34.3 Å². The molecular weight excluding hydrogens is 667 g/mol. The number of thiophene rings is 2. The lowest BCUT2D eigenvalue weighted by Crippen LogP contribution is -2.37. The van der Waals surface area contributed by atoms with Gasteiger partial charge in [0.2, 0.25) is 0 Å². The zero-order valence-corrected chi connectivity index (χ0v) is 26.8. The Balaban J connectivity index is 0.000000184. The monoisotopic (exact) mass is 694 g/mol. The number of carbonyl (C=O) groups is 2. The van der Waals surface area contributed by atoms with Gasteiger partial charge in [0.25, 0.3) is 0 Å². The van der Waals surface area contributed by atoms with Crippen molar-refractivity contribution in [2.75, 3.05) is 13.1 Å². The first-order chi connectivity index (χ1) is 19.3. The van der Waals surface area contributed by atoms with E-state index in [1.165, 1.54) is 20.9 Å². The molecule has 0 aliphatic carbocycles. The minimum absolute atomic E-state index is 0. The van der Waals surface area contributed by atoms with E-state index < -0.39 is 24.0 Å². The molecule has 2 aliphatic heterocycles. The Bertz CT molecular complexity index is 1400. The fourth-order valence-electron chi connectivity index (χ4n) is 5.35. The van der Waals surface area contributed by atoms with E-state index in [2.05, 4.69) is 22.9 Å². The molecule has 6 nitrogen and oxygen atoms in total. The summed E-state index contributed by atoms with van der Waals surface area (Å²) in [5, 5.41) is 24.4. The Labute approximate surface area is 267 Å². The Morgan fingerprint density at radius 2 is 1.07 bits per heavy atom. The van der Waals surface area contributed by atoms with Crippen LogP contribution >= 0.6 is 62.9 Å². The number of aliphatic carboxylic acids is 2. The molecule has 0 fully saturated rings. The summed E-state index contributed by atoms with van der Waals surface area (Å²) in [6.07, 6.45) is 1.81. The highest BCUT2D eigenvalue weighted by Crippen LogP contribution is 2.34. The van der Waals surface area contributed by atoms with E-state index in [-0.39, 0.29) is 17.0 Å². The predicted molar refractivity (Wildman–Crippen MR) is 171 cm³/mol. The quantitative estimate of drug-likeness (QED) is 0.215. The summed E-state index contributed by atoms with van der Waals surface area (Å²) < 4.78 is 0. The predicted octanol–water partition coefficient (Wildman–Crippen LogP) is 7.75. The largest absolute Gasteiger partial charge is 0.480 e. The highest BCUT2D eigenvalue weighted by molar-refractivity contribution is 8.93. The van der Waals surface area contributed by atoms with E-state index >= 15 is 0 Å². The molecule has 4 aromatic rings. The fourth-order valence-corrected chi connectivity index (χ4v) is 7.60. The van der Waals surface area contributed by atoms with Gasteiger partial charge in [-0.25, -0.2) is 0 Å². The number of carboxylic acids is 2. The number of nitrogens with zero attached hydrogens (tertiary/aromatic N) is 2. The number of fused-ring (bicyclic) bond motifs is 2. The molecule has 2 N–H and O–H groups in total. The summed E-state index contributed by atoms with van der Waals surface area (Å²) in [5.41, 5.74) is 3.81. The van der Waals surface area contributed by atoms with Crippen LogP contribution in [0, 0.1) is 0 Å². The van der Waals surface area contributed by atoms with Crippen molar-refractivity contribution in [2.24, 2.45) is 0 Å². The molecule has 0 saturated carbocycles. The van der Waals surface area contributed by atoms with Crippen molar-refractivity contribution in [3.8, 4) is 0 Å². The summed E-state index contributed by atoms with van der Waals surface area (Å²) in [6.45, 7) is 2.83. The van der Waals surface area contributed by atoms with E-state index in [9.17, 15) is 19.8 Å². The highest BCUT2D eigenvalue weighted by Gasteiger charge is 2.33. The first kappa shape index (κ1) is 31.7. The Hall–Kier alpha value is -2.24. The van der Waals surface area contributed by atoms with Gasteiger partial charge in [-0.2, -0.15) is 0 Å². The number of halogens is 3. The SMILES string of the molecule is Br.O=C(O)[C@H](c1ccccc1Cl)N1CCc2sccc2C1.O=C(O)[C@H](c1ccccc1Cl)N1CCc2sccc2C1. The van der Waals surface area contributed by atoms with Gasteiger partial charge in [-0.3, -0.25) is 19.4 Å². The maximum absolute atomic E-state index is 11.7. The summed E-state index contributed by atoms with van der Waals surface area (Å²) in [7, 11) is 0. The van der Waals surface area contributed by atoms with Crippen molar-refractivity contribution in [1.29, 1.82) is 0 Å². The van der Waals surface area contributed by atoms with Crippen LogP contribution < -0.4 is 0 Å². The van der Waals surface area contributed by atoms with Crippen molar-refractivity contribution >= 4 is 74.8 Å². The number of hydrogen-bond donors (Lipinski definition) is 2. The van der Waals surface area contributed by atoms with E-state index in [4.69, 9.17) is 23.2 Å². The minimum atomic E-state index is -0.850. The summed E-state index contributed by atoms with van der Waals surface area (Å²) >= 11 is 15.8. The first-order valence-electron chi connectivity index (χ1n) is 12.9. The van der Waals surface area contributed by atoms with Crippen LogP contribution in [-0.2, 0) is 35.5 Å². The lowest BCUT2D eigenvalue weighted by atomic mass is 10.0. The molecule has 4 heterocycles. The Morgan fingerprint density at radius 1 is 0.683 bits per heavy atom. The lowest BCUT2D eigenvalue weighted by molar-refractivity contribution is -0.145. The van der Waals surface area contributed by atoms with Gasteiger partial charge in [0.05, 0.1) is 0 Å². The van der Waals surface area contributed by atoms with Crippen LogP contribution in [0.25, 0.3) is 0 Å². The second kappa shape index (κ2) is 14.3. The number of benzene rings is 2. The number of rotatable bonds is 6. The van der Waals surface area contributed by atoms with Gasteiger partial charge in [0.1, 0.15) is 12.1 Å². The molecule has 11 heteroatoms. The van der Waals surface area contributed by atoms with E-state index in [0.717, 1.165) is 25.9 Å². The van der Waals surface area contributed by atoms with Crippen molar-refractivity contribution in [2.45, 2.75) is 38.0 Å². The van der Waals surface area contributed by atoms with Gasteiger partial charge in [0, 0.05) is 46.0 Å². The normalized spacial score (nSPS) is 16.2. The van der Waals surface area contributed by atoms with Gasteiger partial charge in [-0.15, -0.1) is 39.7 Å². The van der Waals surface area contributed by atoms with Crippen LogP contribution in [0.2, 0.25) is 10.0 Å². The van der Waals surface area contributed by atoms with Crippen LogP contribution in [0.3, 0.4) is 0 Å². The van der Waals surface area contributed by atoms with Crippen molar-refractivity contribution in [3.05, 3.63) is 113 Å². The van der Waals surface area contributed by atoms with Gasteiger partial charge in [0.15, 0.2) is 0 Å². The van der Waals surface area contributed by atoms with Gasteiger partial charge in [-0.05, 0) is 70.1 Å². The smallest absolute Gasteiger partial charge is 0.325 e. The molecule has 0 amide bonds. The van der Waals surface area contributed by atoms with Crippen molar-refractivity contribution in [1.82, 2.24) is 9.80 Å². The zero-order valence-electron chi connectivity index (χ0n) is 21.9. The molecule has 2 aromatic heterocycles. The standard InChI is InChI=1S/2C15H14ClNO2S.BrH/c2*16-12-4-2-1-3-11(12)14(15(18)19)17-7-5-13-10(9-17)6-8-20-13;/h2*1-4,6,8,14H,5,7,9H2,(H,18,19);1H/t2*14-;/m00./s1. The minimum Gasteiger partial charge on any atom is -0.480 e. The van der Waals surface area contributed by atoms with Gasteiger partial charge >= 0.3 is 11.9 Å². The molecular formula is C30H29BrCl2N2O4S2. The summed E-state index contributed by atoms with van der Waals surface area (Å²) in [5.74, 6) is -1.70. The topological polar surface area (TPSA) is 81.1 Å². The summed E-state index contributed by atoms with van der Waals surface area (Å²) in [6, 6.07) is 17.2. The van der Waals surface area contributed by atoms with Gasteiger partial charge < -0.3 is 10.2 Å². The molecule has 0 spiro atoms. The maximum Gasteiger partial charge on any atom is 0.325 e. The molecule has 2 aliphatic rings. The van der Waals surface area contributed by atoms with Crippen LogP contribution in [0.4, 0.5) is 0 Å². The fraction of sp³-hybridized carbons (Fsp3) is 0.267. The second-order valence-electron chi connectivity index (χ2n) is 9.70. The third-order valence-corrected chi connectivity index (χ3v) is 10.0. The van der Waals surface area contributed by atoms with Crippen LogP contribution in [0.15, 0.2) is 71.4 Å². The average Bonchev–Trinajstić information content (AvgIpc) is 3.60.